The third-order valence-electron chi connectivity index (χ3n) is 3.80. The number of sulfonamides is 1. The number of nitrogens with zero attached hydrogens (tertiary/aromatic N) is 1. The van der Waals surface area contributed by atoms with Crippen LogP contribution in [0.1, 0.15) is 15.9 Å². The number of methoxy groups -OCH3 is 1. The van der Waals surface area contributed by atoms with Crippen LogP contribution in [0.15, 0.2) is 53.4 Å². The molecule has 0 fully saturated rings. The number of ether oxygens (including phenoxy) is 1. The van der Waals surface area contributed by atoms with Crippen molar-refractivity contribution in [2.75, 3.05) is 26.7 Å². The first kappa shape index (κ1) is 20.0. The first-order valence-corrected chi connectivity index (χ1v) is 9.45. The van der Waals surface area contributed by atoms with Crippen molar-refractivity contribution in [3.63, 3.8) is 0 Å². The van der Waals surface area contributed by atoms with Crippen LogP contribution in [-0.2, 0) is 21.2 Å². The number of benzene rings is 2. The quantitative estimate of drug-likeness (QED) is 0.706. The average Bonchev–Trinajstić information content (AvgIpc) is 2.64. The highest BCUT2D eigenvalue weighted by Crippen LogP contribution is 2.20. The first-order chi connectivity index (χ1) is 12.4. The maximum atomic E-state index is 13.8. The van der Waals surface area contributed by atoms with Gasteiger partial charge in [-0.1, -0.05) is 30.3 Å². The molecule has 2 aromatic carbocycles. The lowest BCUT2D eigenvalue weighted by molar-refractivity contribution is 0.0600. The molecule has 0 saturated carbocycles. The number of nitrogens with two attached hydrogens (primary N) is 1. The van der Waals surface area contributed by atoms with Gasteiger partial charge in [0.05, 0.1) is 17.6 Å². The minimum atomic E-state index is -4.01. The van der Waals surface area contributed by atoms with Gasteiger partial charge in [0.1, 0.15) is 5.82 Å². The molecule has 2 N–H and O–H groups in total. The largest absolute Gasteiger partial charge is 0.465 e. The maximum Gasteiger partial charge on any atom is 0.337 e. The fourth-order valence-electron chi connectivity index (χ4n) is 2.49. The zero-order chi connectivity index (χ0) is 19.2. The predicted octanol–water partition coefficient (Wildman–Crippen LogP) is 1.80. The van der Waals surface area contributed by atoms with Crippen molar-refractivity contribution in [2.45, 2.75) is 11.3 Å². The molecular weight excluding hydrogens is 359 g/mol. The van der Waals surface area contributed by atoms with Crippen molar-refractivity contribution >= 4 is 16.0 Å². The molecule has 0 bridgehead atoms. The monoisotopic (exact) mass is 380 g/mol. The lowest BCUT2D eigenvalue weighted by Crippen LogP contribution is -2.37. The van der Waals surface area contributed by atoms with Crippen LogP contribution in [0.2, 0.25) is 0 Å². The Labute approximate surface area is 152 Å². The second-order valence-corrected chi connectivity index (χ2v) is 7.53. The number of rotatable bonds is 8. The summed E-state index contributed by atoms with van der Waals surface area (Å²) in [7, 11) is -2.87. The van der Waals surface area contributed by atoms with Gasteiger partial charge in [0.25, 0.3) is 0 Å². The molecule has 26 heavy (non-hydrogen) atoms. The third kappa shape index (κ3) is 4.87. The first-order valence-electron chi connectivity index (χ1n) is 8.01. The van der Waals surface area contributed by atoms with Gasteiger partial charge >= 0.3 is 5.97 Å². The summed E-state index contributed by atoms with van der Waals surface area (Å²) < 4.78 is 45.4. The van der Waals surface area contributed by atoms with E-state index in [2.05, 4.69) is 4.74 Å². The van der Waals surface area contributed by atoms with Crippen LogP contribution in [0.3, 0.4) is 0 Å². The van der Waals surface area contributed by atoms with E-state index in [1.165, 1.54) is 4.31 Å². The third-order valence-corrected chi connectivity index (χ3v) is 5.68. The van der Waals surface area contributed by atoms with E-state index in [0.29, 0.717) is 6.42 Å². The van der Waals surface area contributed by atoms with Crippen LogP contribution in [0.4, 0.5) is 4.39 Å². The summed E-state index contributed by atoms with van der Waals surface area (Å²) in [6.45, 7) is 0.389. The minimum absolute atomic E-state index is 0.0826. The number of hydrogen-bond acceptors (Lipinski definition) is 5. The highest BCUT2D eigenvalue weighted by molar-refractivity contribution is 7.89. The Morgan fingerprint density at radius 2 is 1.85 bits per heavy atom. The van der Waals surface area contributed by atoms with Crippen molar-refractivity contribution < 1.29 is 22.3 Å². The molecular formula is C18H21FN2O4S. The molecule has 0 amide bonds. The summed E-state index contributed by atoms with van der Waals surface area (Å²) in [4.78, 5) is 11.3. The average molecular weight is 380 g/mol. The van der Waals surface area contributed by atoms with Crippen molar-refractivity contribution in [3.8, 4) is 0 Å². The minimum Gasteiger partial charge on any atom is -0.465 e. The summed E-state index contributed by atoms with van der Waals surface area (Å²) in [6.07, 6.45) is 0.485. The highest BCUT2D eigenvalue weighted by Gasteiger charge is 2.25. The van der Waals surface area contributed by atoms with Gasteiger partial charge in [0.2, 0.25) is 10.0 Å². The number of carbonyl (C=O) groups excluding carboxylic acids is 1. The molecule has 0 spiro atoms. The Hall–Kier alpha value is -2.29. The molecule has 0 heterocycles. The van der Waals surface area contributed by atoms with Gasteiger partial charge in [-0.3, -0.25) is 0 Å². The molecule has 0 saturated heterocycles. The normalized spacial score (nSPS) is 11.5. The smallest absolute Gasteiger partial charge is 0.337 e. The van der Waals surface area contributed by atoms with Gasteiger partial charge in [-0.25, -0.2) is 17.6 Å². The van der Waals surface area contributed by atoms with E-state index < -0.39 is 21.8 Å². The van der Waals surface area contributed by atoms with Crippen LogP contribution in [0.5, 0.6) is 0 Å². The number of hydrogen-bond donors (Lipinski definition) is 1. The Morgan fingerprint density at radius 1 is 1.15 bits per heavy atom. The van der Waals surface area contributed by atoms with Crippen molar-refractivity contribution in [1.82, 2.24) is 4.31 Å². The van der Waals surface area contributed by atoms with Gasteiger partial charge in [0.15, 0.2) is 0 Å². The standard InChI is InChI=1S/C18H21FN2O4S/c1-25-18(22)15-11-16(19)13-17(12-15)26(23,24)21(10-8-20)9-7-14-5-3-2-4-6-14/h2-6,11-13H,7-10,20H2,1H3. The predicted molar refractivity (Wildman–Crippen MR) is 95.7 cm³/mol. The number of carbonyl (C=O) groups is 1. The Bertz CT molecular complexity index is 857. The van der Waals surface area contributed by atoms with Gasteiger partial charge in [-0.2, -0.15) is 4.31 Å². The zero-order valence-electron chi connectivity index (χ0n) is 14.4. The van der Waals surface area contributed by atoms with E-state index in [1.807, 2.05) is 30.3 Å². The van der Waals surface area contributed by atoms with E-state index in [0.717, 1.165) is 30.9 Å². The van der Waals surface area contributed by atoms with E-state index in [-0.39, 0.29) is 30.1 Å². The molecule has 2 aromatic rings. The van der Waals surface area contributed by atoms with Crippen LogP contribution in [-0.4, -0.2) is 45.4 Å². The molecule has 6 nitrogen and oxygen atoms in total. The summed E-state index contributed by atoms with van der Waals surface area (Å²) in [5.41, 5.74) is 6.35. The Balaban J connectivity index is 2.31. The molecule has 0 aromatic heterocycles. The van der Waals surface area contributed by atoms with Crippen LogP contribution in [0.25, 0.3) is 0 Å². The van der Waals surface area contributed by atoms with Crippen LogP contribution >= 0.6 is 0 Å². The molecule has 0 aliphatic carbocycles. The van der Waals surface area contributed by atoms with Crippen molar-refractivity contribution in [3.05, 3.63) is 65.5 Å². The molecule has 0 aliphatic heterocycles. The molecule has 0 aliphatic rings. The van der Waals surface area contributed by atoms with E-state index in [1.54, 1.807) is 0 Å². The van der Waals surface area contributed by atoms with Gasteiger partial charge in [-0.05, 0) is 30.2 Å². The van der Waals surface area contributed by atoms with Gasteiger partial charge in [-0.15, -0.1) is 0 Å². The lowest BCUT2D eigenvalue weighted by Gasteiger charge is -2.22. The van der Waals surface area contributed by atoms with Gasteiger partial charge in [0, 0.05) is 19.6 Å². The fraction of sp³-hybridized carbons (Fsp3) is 0.278. The van der Waals surface area contributed by atoms with E-state index in [4.69, 9.17) is 5.73 Å². The fourth-order valence-corrected chi connectivity index (χ4v) is 4.00. The molecule has 0 radical (unpaired) electrons. The summed E-state index contributed by atoms with van der Waals surface area (Å²) in [6, 6.07) is 12.3. The van der Waals surface area contributed by atoms with Crippen LogP contribution in [0, 0.1) is 5.82 Å². The molecule has 2 rings (SSSR count). The van der Waals surface area contributed by atoms with Crippen molar-refractivity contribution in [2.24, 2.45) is 5.73 Å². The van der Waals surface area contributed by atoms with Crippen LogP contribution < -0.4 is 5.73 Å². The Morgan fingerprint density at radius 3 is 2.46 bits per heavy atom. The zero-order valence-corrected chi connectivity index (χ0v) is 15.2. The highest BCUT2D eigenvalue weighted by atomic mass is 32.2. The van der Waals surface area contributed by atoms with Gasteiger partial charge < -0.3 is 10.5 Å². The topological polar surface area (TPSA) is 89.7 Å². The molecule has 0 unspecified atom stereocenters. The van der Waals surface area contributed by atoms with E-state index >= 15 is 0 Å². The maximum absolute atomic E-state index is 13.8. The number of esters is 1. The molecule has 0 atom stereocenters. The number of halogens is 1. The Kier molecular flexibility index (Phi) is 6.84. The SMILES string of the molecule is COC(=O)c1cc(F)cc(S(=O)(=O)N(CCN)CCc2ccccc2)c1. The van der Waals surface area contributed by atoms with Crippen molar-refractivity contribution in [1.29, 1.82) is 0 Å². The second-order valence-electron chi connectivity index (χ2n) is 5.60. The summed E-state index contributed by atoms with van der Waals surface area (Å²) in [5, 5.41) is 0. The summed E-state index contributed by atoms with van der Waals surface area (Å²) in [5.74, 6) is -1.64. The molecule has 140 valence electrons. The second kappa shape index (κ2) is 8.88. The van der Waals surface area contributed by atoms with E-state index in [9.17, 15) is 17.6 Å². The molecule has 8 heteroatoms. The summed E-state index contributed by atoms with van der Waals surface area (Å²) >= 11 is 0. The lowest BCUT2D eigenvalue weighted by atomic mass is 10.1.